The molecule has 2 unspecified atom stereocenters. The smallest absolute Gasteiger partial charge is 0.305 e. The lowest BCUT2D eigenvalue weighted by atomic mass is 9.92. The first kappa shape index (κ1) is 30.7. The SMILES string of the molecule is CC1(C(=O)N[C@@H](CC(=O)O)C(=O)COc2ccccc2)CC(C(CCC(=O)O)NC(=O)c2ccc3ccccc3c2)=NO1. The highest BCUT2D eigenvalue weighted by Crippen LogP contribution is 2.27. The molecular weight excluding hydrogens is 558 g/mol. The molecule has 224 valence electrons. The number of aliphatic carboxylic acids is 2. The molecule has 0 saturated carbocycles. The number of Topliss-reactive ketones (excluding diaryl/α,β-unsaturated/α-hetero) is 1. The lowest BCUT2D eigenvalue weighted by molar-refractivity contribution is -0.146. The fourth-order valence-corrected chi connectivity index (χ4v) is 4.54. The average Bonchev–Trinajstić information content (AvgIpc) is 3.40. The predicted octanol–water partition coefficient (Wildman–Crippen LogP) is 2.95. The average molecular weight is 590 g/mol. The van der Waals surface area contributed by atoms with Gasteiger partial charge in [-0.15, -0.1) is 0 Å². The molecule has 0 radical (unpaired) electrons. The van der Waals surface area contributed by atoms with Gasteiger partial charge in [0, 0.05) is 18.4 Å². The second-order valence-corrected chi connectivity index (χ2v) is 10.3. The third-order valence-electron chi connectivity index (χ3n) is 6.93. The number of ketones is 1. The summed E-state index contributed by atoms with van der Waals surface area (Å²) in [4.78, 5) is 67.4. The van der Waals surface area contributed by atoms with Crippen molar-refractivity contribution < 1.29 is 43.8 Å². The van der Waals surface area contributed by atoms with E-state index in [1.807, 2.05) is 24.3 Å². The number of nitrogens with zero attached hydrogens (tertiary/aromatic N) is 1. The molecule has 0 bridgehead atoms. The minimum absolute atomic E-state index is 0.0223. The highest BCUT2D eigenvalue weighted by atomic mass is 16.7. The van der Waals surface area contributed by atoms with Gasteiger partial charge in [-0.2, -0.15) is 0 Å². The first-order valence-electron chi connectivity index (χ1n) is 13.5. The summed E-state index contributed by atoms with van der Waals surface area (Å²) in [5, 5.41) is 29.6. The van der Waals surface area contributed by atoms with Gasteiger partial charge in [-0.05, 0) is 48.4 Å². The number of amides is 2. The molecule has 1 heterocycles. The third kappa shape index (κ3) is 8.15. The highest BCUT2D eigenvalue weighted by Gasteiger charge is 2.45. The van der Waals surface area contributed by atoms with E-state index in [9.17, 15) is 34.2 Å². The van der Waals surface area contributed by atoms with Crippen LogP contribution in [0.4, 0.5) is 0 Å². The van der Waals surface area contributed by atoms with Crippen molar-refractivity contribution in [3.63, 3.8) is 0 Å². The van der Waals surface area contributed by atoms with Gasteiger partial charge in [-0.3, -0.25) is 24.0 Å². The number of hydrogen-bond donors (Lipinski definition) is 4. The maximum absolute atomic E-state index is 13.3. The van der Waals surface area contributed by atoms with Crippen molar-refractivity contribution in [1.29, 1.82) is 0 Å². The Balaban J connectivity index is 1.43. The van der Waals surface area contributed by atoms with E-state index in [1.54, 1.807) is 48.5 Å². The Morgan fingerprint density at radius 2 is 1.63 bits per heavy atom. The predicted molar refractivity (Wildman–Crippen MR) is 155 cm³/mol. The van der Waals surface area contributed by atoms with E-state index in [2.05, 4.69) is 15.8 Å². The molecule has 1 aliphatic rings. The van der Waals surface area contributed by atoms with Crippen molar-refractivity contribution in [1.82, 2.24) is 10.6 Å². The molecule has 1 aliphatic heterocycles. The molecule has 3 aromatic rings. The molecule has 2 amide bonds. The number of fused-ring (bicyclic) bond motifs is 1. The Kier molecular flexibility index (Phi) is 9.71. The van der Waals surface area contributed by atoms with Gasteiger partial charge in [0.1, 0.15) is 18.4 Å². The van der Waals surface area contributed by atoms with Gasteiger partial charge in [0.05, 0.1) is 18.2 Å². The third-order valence-corrected chi connectivity index (χ3v) is 6.93. The standard InChI is InChI=1S/C31H31N3O9/c1-31(30(41)33-24(16-28(38)39)26(35)18-42-22-9-3-2-4-10-22)17-25(34-43-31)23(13-14-27(36)37)32-29(40)21-12-11-19-7-5-6-8-20(19)15-21/h2-12,15,23-24H,13-14,16-18H2,1H3,(H,32,40)(H,33,41)(H,36,37)(H,38,39)/t23?,24-,31?/m0/s1. The molecule has 4 N–H and O–H groups in total. The molecular formula is C31H31N3O9. The van der Waals surface area contributed by atoms with Crippen molar-refractivity contribution in [3.8, 4) is 5.75 Å². The summed E-state index contributed by atoms with van der Waals surface area (Å²) in [5.74, 6) is -3.92. The maximum atomic E-state index is 13.3. The van der Waals surface area contributed by atoms with Crippen LogP contribution in [0, 0.1) is 0 Å². The normalized spacial score (nSPS) is 17.2. The number of benzene rings is 3. The minimum atomic E-state index is -1.65. The Labute approximate surface area is 246 Å². The van der Waals surface area contributed by atoms with E-state index in [1.165, 1.54) is 6.92 Å². The van der Waals surface area contributed by atoms with E-state index < -0.39 is 60.2 Å². The molecule has 12 heteroatoms. The molecule has 4 rings (SSSR count). The topological polar surface area (TPSA) is 181 Å². The van der Waals surface area contributed by atoms with Crippen LogP contribution in [0.5, 0.6) is 5.75 Å². The van der Waals surface area contributed by atoms with Crippen LogP contribution in [0.3, 0.4) is 0 Å². The summed E-state index contributed by atoms with van der Waals surface area (Å²) in [7, 11) is 0. The number of rotatable bonds is 14. The fourth-order valence-electron chi connectivity index (χ4n) is 4.54. The van der Waals surface area contributed by atoms with Crippen molar-refractivity contribution in [2.24, 2.45) is 5.16 Å². The molecule has 12 nitrogen and oxygen atoms in total. The quantitative estimate of drug-likeness (QED) is 0.220. The summed E-state index contributed by atoms with van der Waals surface area (Å²) in [6.45, 7) is 0.931. The van der Waals surface area contributed by atoms with Crippen molar-refractivity contribution in [2.45, 2.75) is 50.3 Å². The number of carbonyl (C=O) groups excluding carboxylic acids is 3. The number of para-hydroxylation sites is 1. The van der Waals surface area contributed by atoms with Gasteiger partial charge in [-0.1, -0.05) is 53.7 Å². The minimum Gasteiger partial charge on any atom is -0.486 e. The van der Waals surface area contributed by atoms with Crippen LogP contribution in [0.15, 0.2) is 78.0 Å². The Hall–Kier alpha value is -5.26. The number of carbonyl (C=O) groups is 5. The molecule has 0 saturated heterocycles. The largest absolute Gasteiger partial charge is 0.486 e. The maximum Gasteiger partial charge on any atom is 0.305 e. The summed E-state index contributed by atoms with van der Waals surface area (Å²) in [6, 6.07) is 18.8. The second-order valence-electron chi connectivity index (χ2n) is 10.3. The van der Waals surface area contributed by atoms with E-state index >= 15 is 0 Å². The molecule has 43 heavy (non-hydrogen) atoms. The van der Waals surface area contributed by atoms with Crippen LogP contribution in [-0.2, 0) is 24.0 Å². The number of hydrogen-bond acceptors (Lipinski definition) is 8. The first-order chi connectivity index (χ1) is 20.5. The van der Waals surface area contributed by atoms with Gasteiger partial charge < -0.3 is 30.4 Å². The summed E-state index contributed by atoms with van der Waals surface area (Å²) in [5.41, 5.74) is -1.07. The Morgan fingerprint density at radius 3 is 2.33 bits per heavy atom. The van der Waals surface area contributed by atoms with Crippen LogP contribution in [0.1, 0.15) is 43.0 Å². The van der Waals surface area contributed by atoms with Gasteiger partial charge in [-0.25, -0.2) is 0 Å². The first-order valence-corrected chi connectivity index (χ1v) is 13.5. The van der Waals surface area contributed by atoms with Crippen LogP contribution in [-0.4, -0.2) is 69.8 Å². The van der Waals surface area contributed by atoms with Gasteiger partial charge in [0.25, 0.3) is 11.8 Å². The number of ether oxygens (including phenoxy) is 1. The monoisotopic (exact) mass is 589 g/mol. The molecule has 0 aromatic heterocycles. The van der Waals surface area contributed by atoms with Gasteiger partial charge in [0.2, 0.25) is 5.60 Å². The molecule has 0 spiro atoms. The number of carboxylic acid groups (broad SMARTS) is 2. The van der Waals surface area contributed by atoms with Crippen molar-refractivity contribution in [2.75, 3.05) is 6.61 Å². The lowest BCUT2D eigenvalue weighted by Gasteiger charge is -2.25. The zero-order valence-electron chi connectivity index (χ0n) is 23.3. The van der Waals surface area contributed by atoms with E-state index in [0.717, 1.165) is 10.8 Å². The summed E-state index contributed by atoms with van der Waals surface area (Å²) in [6.07, 6.45) is -1.14. The van der Waals surface area contributed by atoms with Crippen molar-refractivity contribution >= 4 is 46.0 Å². The molecule has 0 aliphatic carbocycles. The van der Waals surface area contributed by atoms with Crippen LogP contribution < -0.4 is 15.4 Å². The zero-order chi connectivity index (χ0) is 31.0. The van der Waals surface area contributed by atoms with Crippen LogP contribution in [0.25, 0.3) is 10.8 Å². The molecule has 3 atom stereocenters. The lowest BCUT2D eigenvalue weighted by Crippen LogP contribution is -2.53. The zero-order valence-corrected chi connectivity index (χ0v) is 23.3. The molecule has 3 aromatic carbocycles. The Bertz CT molecular complexity index is 1560. The van der Waals surface area contributed by atoms with Gasteiger partial charge in [0.15, 0.2) is 5.78 Å². The fraction of sp³-hybridized carbons (Fsp3) is 0.290. The summed E-state index contributed by atoms with van der Waals surface area (Å²) >= 11 is 0. The summed E-state index contributed by atoms with van der Waals surface area (Å²) < 4.78 is 5.42. The van der Waals surface area contributed by atoms with E-state index in [4.69, 9.17) is 9.57 Å². The molecule has 0 fully saturated rings. The second kappa shape index (κ2) is 13.6. The number of nitrogens with one attached hydrogen (secondary N) is 2. The number of carboxylic acids is 2. The van der Waals surface area contributed by atoms with Crippen LogP contribution in [0.2, 0.25) is 0 Å². The van der Waals surface area contributed by atoms with E-state index in [-0.39, 0.29) is 25.0 Å². The highest BCUT2D eigenvalue weighted by molar-refractivity contribution is 6.04. The number of oxime groups is 1. The van der Waals surface area contributed by atoms with E-state index in [0.29, 0.717) is 11.3 Å². The van der Waals surface area contributed by atoms with Gasteiger partial charge >= 0.3 is 11.9 Å². The van der Waals surface area contributed by atoms with Crippen molar-refractivity contribution in [3.05, 3.63) is 78.4 Å². The van der Waals surface area contributed by atoms with Crippen LogP contribution >= 0.6 is 0 Å². The Morgan fingerprint density at radius 1 is 0.930 bits per heavy atom.